The maximum atomic E-state index is 12.3. The molecule has 1 heterocycles. The summed E-state index contributed by atoms with van der Waals surface area (Å²) in [6.45, 7) is 6.47. The summed E-state index contributed by atoms with van der Waals surface area (Å²) < 4.78 is 1.80. The van der Waals surface area contributed by atoms with Gasteiger partial charge in [0.2, 0.25) is 0 Å². The number of rotatable bonds is 8. The zero-order valence-electron chi connectivity index (χ0n) is 15.0. The lowest BCUT2D eigenvalue weighted by molar-refractivity contribution is -0.137. The highest BCUT2D eigenvalue weighted by molar-refractivity contribution is 5.95. The molecule has 0 aliphatic carbocycles. The maximum absolute atomic E-state index is 12.3. The minimum atomic E-state index is -0.779. The van der Waals surface area contributed by atoms with Gasteiger partial charge in [0.15, 0.2) is 0 Å². The number of hydrogen-bond acceptors (Lipinski definition) is 3. The van der Waals surface area contributed by atoms with Crippen LogP contribution in [0.4, 0.5) is 0 Å². The van der Waals surface area contributed by atoms with E-state index >= 15 is 0 Å². The van der Waals surface area contributed by atoms with Gasteiger partial charge in [-0.05, 0) is 50.8 Å². The number of carboxylic acids is 1. The summed E-state index contributed by atoms with van der Waals surface area (Å²) in [6, 6.07) is 6.15. The lowest BCUT2D eigenvalue weighted by Crippen LogP contribution is -2.25. The molecule has 0 atom stereocenters. The number of amides is 1. The topological polar surface area (TPSA) is 84.2 Å². The van der Waals surface area contributed by atoms with E-state index in [-0.39, 0.29) is 12.3 Å². The van der Waals surface area contributed by atoms with E-state index < -0.39 is 5.97 Å². The van der Waals surface area contributed by atoms with Gasteiger partial charge in [-0.15, -0.1) is 0 Å². The molecular formula is C19H25N3O3. The second-order valence-electron chi connectivity index (χ2n) is 6.31. The Hall–Kier alpha value is -2.63. The van der Waals surface area contributed by atoms with Crippen LogP contribution in [0.15, 0.2) is 24.4 Å². The van der Waals surface area contributed by atoms with Gasteiger partial charge in [0, 0.05) is 13.0 Å². The molecule has 0 aliphatic heterocycles. The maximum Gasteiger partial charge on any atom is 0.303 e. The second kappa shape index (κ2) is 8.46. The van der Waals surface area contributed by atoms with Gasteiger partial charge in [-0.1, -0.05) is 18.6 Å². The van der Waals surface area contributed by atoms with Crippen LogP contribution in [-0.4, -0.2) is 33.3 Å². The van der Waals surface area contributed by atoms with E-state index in [1.165, 1.54) is 0 Å². The fourth-order valence-corrected chi connectivity index (χ4v) is 2.70. The Kier molecular flexibility index (Phi) is 6.33. The van der Waals surface area contributed by atoms with Crippen LogP contribution in [0, 0.1) is 20.8 Å². The van der Waals surface area contributed by atoms with Crippen LogP contribution >= 0.6 is 0 Å². The van der Waals surface area contributed by atoms with Crippen molar-refractivity contribution in [3.8, 4) is 5.69 Å². The molecule has 0 saturated heterocycles. The Balaban J connectivity index is 1.97. The fraction of sp³-hybridized carbons (Fsp3) is 0.421. The molecule has 25 heavy (non-hydrogen) atoms. The summed E-state index contributed by atoms with van der Waals surface area (Å²) in [5, 5.41) is 15.8. The molecule has 134 valence electrons. The minimum absolute atomic E-state index is 0.146. The number of nitrogens with one attached hydrogen (secondary N) is 1. The zero-order valence-corrected chi connectivity index (χ0v) is 15.0. The summed E-state index contributed by atoms with van der Waals surface area (Å²) in [5.41, 5.74) is 4.58. The van der Waals surface area contributed by atoms with Crippen molar-refractivity contribution in [1.82, 2.24) is 15.1 Å². The summed E-state index contributed by atoms with van der Waals surface area (Å²) in [5.74, 6) is -0.925. The van der Waals surface area contributed by atoms with E-state index in [0.29, 0.717) is 18.5 Å². The standard InChI is InChI=1S/C19H25N3O3/c1-13-8-9-14(2)17(11-13)22-15(3)16(12-21-22)19(25)20-10-6-4-5-7-18(23)24/h8-9,11-12H,4-7,10H2,1-3H3,(H,20,25)(H,23,24). The smallest absolute Gasteiger partial charge is 0.303 e. The Morgan fingerprint density at radius 1 is 1.16 bits per heavy atom. The highest BCUT2D eigenvalue weighted by Crippen LogP contribution is 2.19. The predicted molar refractivity (Wildman–Crippen MR) is 96.2 cm³/mol. The normalized spacial score (nSPS) is 10.7. The van der Waals surface area contributed by atoms with Crippen molar-refractivity contribution < 1.29 is 14.7 Å². The highest BCUT2D eigenvalue weighted by atomic mass is 16.4. The third-order valence-corrected chi connectivity index (χ3v) is 4.20. The van der Waals surface area contributed by atoms with Crippen molar-refractivity contribution in [1.29, 1.82) is 0 Å². The van der Waals surface area contributed by atoms with E-state index in [9.17, 15) is 9.59 Å². The number of benzene rings is 1. The first kappa shape index (κ1) is 18.7. The molecule has 0 bridgehead atoms. The van der Waals surface area contributed by atoms with Crippen molar-refractivity contribution in [3.63, 3.8) is 0 Å². The highest BCUT2D eigenvalue weighted by Gasteiger charge is 2.15. The third-order valence-electron chi connectivity index (χ3n) is 4.20. The average molecular weight is 343 g/mol. The van der Waals surface area contributed by atoms with Gasteiger partial charge in [-0.2, -0.15) is 5.10 Å². The number of carbonyl (C=O) groups excluding carboxylic acids is 1. The number of aryl methyl sites for hydroxylation is 2. The van der Waals surface area contributed by atoms with Crippen LogP contribution in [0.25, 0.3) is 5.69 Å². The molecule has 0 spiro atoms. The molecule has 6 nitrogen and oxygen atoms in total. The van der Waals surface area contributed by atoms with Gasteiger partial charge in [0.1, 0.15) is 0 Å². The number of aliphatic carboxylic acids is 1. The molecule has 0 aliphatic rings. The van der Waals surface area contributed by atoms with Crippen molar-refractivity contribution >= 4 is 11.9 Å². The van der Waals surface area contributed by atoms with Gasteiger partial charge >= 0.3 is 5.97 Å². The van der Waals surface area contributed by atoms with Crippen molar-refractivity contribution in [2.24, 2.45) is 0 Å². The third kappa shape index (κ3) is 4.92. The Bertz CT molecular complexity index is 765. The number of nitrogens with zero attached hydrogens (tertiary/aromatic N) is 2. The predicted octanol–water partition coefficient (Wildman–Crippen LogP) is 3.17. The first-order valence-electron chi connectivity index (χ1n) is 8.52. The minimum Gasteiger partial charge on any atom is -0.481 e. The molecule has 6 heteroatoms. The van der Waals surface area contributed by atoms with Gasteiger partial charge in [0.25, 0.3) is 5.91 Å². The van der Waals surface area contributed by atoms with Gasteiger partial charge in [-0.3, -0.25) is 9.59 Å². The number of unbranched alkanes of at least 4 members (excludes halogenated alkanes) is 2. The first-order valence-corrected chi connectivity index (χ1v) is 8.52. The van der Waals surface area contributed by atoms with Crippen LogP contribution in [0.2, 0.25) is 0 Å². The average Bonchev–Trinajstić information content (AvgIpc) is 2.94. The molecule has 1 amide bonds. The van der Waals surface area contributed by atoms with Crippen molar-refractivity contribution in [3.05, 3.63) is 46.8 Å². The van der Waals surface area contributed by atoms with Crippen LogP contribution in [0.5, 0.6) is 0 Å². The molecule has 1 aromatic heterocycles. The van der Waals surface area contributed by atoms with E-state index in [1.54, 1.807) is 10.9 Å². The van der Waals surface area contributed by atoms with Gasteiger partial charge in [0.05, 0.1) is 23.1 Å². The molecule has 0 unspecified atom stereocenters. The molecule has 0 radical (unpaired) electrons. The Labute approximate surface area is 147 Å². The quantitative estimate of drug-likeness (QED) is 0.721. The summed E-state index contributed by atoms with van der Waals surface area (Å²) in [7, 11) is 0. The molecule has 0 fully saturated rings. The summed E-state index contributed by atoms with van der Waals surface area (Å²) in [4.78, 5) is 22.8. The monoisotopic (exact) mass is 343 g/mol. The largest absolute Gasteiger partial charge is 0.481 e. The first-order chi connectivity index (χ1) is 11.9. The van der Waals surface area contributed by atoms with Crippen LogP contribution in [-0.2, 0) is 4.79 Å². The van der Waals surface area contributed by atoms with E-state index in [4.69, 9.17) is 5.11 Å². The van der Waals surface area contributed by atoms with Crippen LogP contribution in [0.3, 0.4) is 0 Å². The summed E-state index contributed by atoms with van der Waals surface area (Å²) >= 11 is 0. The van der Waals surface area contributed by atoms with Crippen molar-refractivity contribution in [2.75, 3.05) is 6.54 Å². The van der Waals surface area contributed by atoms with E-state index in [2.05, 4.69) is 22.5 Å². The van der Waals surface area contributed by atoms with Crippen LogP contribution < -0.4 is 5.32 Å². The van der Waals surface area contributed by atoms with Gasteiger partial charge < -0.3 is 10.4 Å². The molecule has 1 aromatic carbocycles. The van der Waals surface area contributed by atoms with Gasteiger partial charge in [-0.25, -0.2) is 4.68 Å². The molecule has 2 aromatic rings. The molecular weight excluding hydrogens is 318 g/mol. The molecule has 0 saturated carbocycles. The number of carboxylic acid groups (broad SMARTS) is 1. The van der Waals surface area contributed by atoms with E-state index in [0.717, 1.165) is 35.3 Å². The number of hydrogen-bond donors (Lipinski definition) is 2. The lowest BCUT2D eigenvalue weighted by atomic mass is 10.1. The number of aromatic nitrogens is 2. The second-order valence-corrected chi connectivity index (χ2v) is 6.31. The zero-order chi connectivity index (χ0) is 18.4. The lowest BCUT2D eigenvalue weighted by Gasteiger charge is -2.10. The fourth-order valence-electron chi connectivity index (χ4n) is 2.70. The Morgan fingerprint density at radius 3 is 2.64 bits per heavy atom. The molecule has 2 rings (SSSR count). The Morgan fingerprint density at radius 2 is 1.92 bits per heavy atom. The summed E-state index contributed by atoms with van der Waals surface area (Å²) in [6.07, 6.45) is 3.96. The van der Waals surface area contributed by atoms with Crippen molar-refractivity contribution in [2.45, 2.75) is 46.5 Å². The van der Waals surface area contributed by atoms with Crippen LogP contribution in [0.1, 0.15) is 52.9 Å². The molecule has 2 N–H and O–H groups in total. The SMILES string of the molecule is Cc1ccc(C)c(-n2ncc(C(=O)NCCCCCC(=O)O)c2C)c1. The number of carbonyl (C=O) groups is 2. The van der Waals surface area contributed by atoms with E-state index in [1.807, 2.05) is 26.8 Å².